The number of rotatable bonds is 5. The molecular weight excluding hydrogens is 272 g/mol. The van der Waals surface area contributed by atoms with Gasteiger partial charge in [0.2, 0.25) is 5.91 Å². The highest BCUT2D eigenvalue weighted by Gasteiger charge is 2.19. The Morgan fingerprint density at radius 1 is 1.09 bits per heavy atom. The Labute approximate surface area is 130 Å². The summed E-state index contributed by atoms with van der Waals surface area (Å²) in [6, 6.07) is 16.5. The van der Waals surface area contributed by atoms with Crippen LogP contribution in [0.4, 0.5) is 0 Å². The van der Waals surface area contributed by atoms with Gasteiger partial charge >= 0.3 is 0 Å². The first kappa shape index (κ1) is 14.5. The number of carbonyl (C=O) groups excluding carboxylic acids is 1. The third-order valence-corrected chi connectivity index (χ3v) is 4.08. The van der Waals surface area contributed by atoms with Crippen LogP contribution in [0.2, 0.25) is 0 Å². The van der Waals surface area contributed by atoms with Crippen molar-refractivity contribution in [2.24, 2.45) is 5.73 Å². The summed E-state index contributed by atoms with van der Waals surface area (Å²) in [6.45, 7) is 0.843. The standard InChI is InChI=1S/C19H20N2O/c20-19(22)15-9-7-14(8-10-15)4-3-11-21-18-12-16-5-1-2-6-17(16)13-18/h1-10,18,21H,11-13H2,(H2,20,22)/b4-3+. The molecule has 0 bridgehead atoms. The predicted molar refractivity (Wildman–Crippen MR) is 89.6 cm³/mol. The molecule has 0 saturated carbocycles. The highest BCUT2D eigenvalue weighted by molar-refractivity contribution is 5.92. The van der Waals surface area contributed by atoms with Crippen molar-refractivity contribution in [2.75, 3.05) is 6.54 Å². The van der Waals surface area contributed by atoms with E-state index in [1.807, 2.05) is 12.1 Å². The van der Waals surface area contributed by atoms with Gasteiger partial charge < -0.3 is 11.1 Å². The zero-order valence-corrected chi connectivity index (χ0v) is 12.5. The molecule has 0 saturated heterocycles. The van der Waals surface area contributed by atoms with Crippen LogP contribution in [0.1, 0.15) is 27.0 Å². The highest BCUT2D eigenvalue weighted by Crippen LogP contribution is 2.21. The van der Waals surface area contributed by atoms with Gasteiger partial charge in [-0.2, -0.15) is 0 Å². The monoisotopic (exact) mass is 292 g/mol. The number of hydrogen-bond donors (Lipinski definition) is 2. The predicted octanol–water partition coefficient (Wildman–Crippen LogP) is 2.56. The van der Waals surface area contributed by atoms with Crippen LogP contribution in [0.15, 0.2) is 54.6 Å². The fraction of sp³-hybridized carbons (Fsp3) is 0.211. The van der Waals surface area contributed by atoms with Crippen LogP contribution in [0.25, 0.3) is 6.08 Å². The third-order valence-electron chi connectivity index (χ3n) is 4.08. The normalized spacial score (nSPS) is 14.4. The molecule has 1 amide bonds. The Kier molecular flexibility index (Phi) is 4.35. The van der Waals surface area contributed by atoms with E-state index in [-0.39, 0.29) is 0 Å². The Morgan fingerprint density at radius 2 is 1.73 bits per heavy atom. The Hall–Kier alpha value is -2.39. The van der Waals surface area contributed by atoms with E-state index in [2.05, 4.69) is 41.7 Å². The van der Waals surface area contributed by atoms with Crippen molar-refractivity contribution < 1.29 is 4.79 Å². The van der Waals surface area contributed by atoms with E-state index in [4.69, 9.17) is 5.73 Å². The number of primary amides is 1. The van der Waals surface area contributed by atoms with Gasteiger partial charge in [-0.15, -0.1) is 0 Å². The fourth-order valence-corrected chi connectivity index (χ4v) is 2.89. The molecule has 2 aromatic rings. The molecule has 22 heavy (non-hydrogen) atoms. The number of nitrogens with one attached hydrogen (secondary N) is 1. The lowest BCUT2D eigenvalue weighted by Gasteiger charge is -2.09. The second-order valence-electron chi connectivity index (χ2n) is 5.67. The minimum absolute atomic E-state index is 0.391. The van der Waals surface area contributed by atoms with E-state index in [1.165, 1.54) is 11.1 Å². The largest absolute Gasteiger partial charge is 0.366 e. The molecule has 0 radical (unpaired) electrons. The second kappa shape index (κ2) is 6.58. The van der Waals surface area contributed by atoms with Crippen molar-refractivity contribution in [3.05, 3.63) is 76.9 Å². The van der Waals surface area contributed by atoms with Crippen LogP contribution in [-0.2, 0) is 12.8 Å². The van der Waals surface area contributed by atoms with Crippen LogP contribution in [-0.4, -0.2) is 18.5 Å². The van der Waals surface area contributed by atoms with Crippen LogP contribution >= 0.6 is 0 Å². The Balaban J connectivity index is 1.48. The molecule has 1 aliphatic rings. The lowest BCUT2D eigenvalue weighted by atomic mass is 10.1. The van der Waals surface area contributed by atoms with Gasteiger partial charge in [0.05, 0.1) is 0 Å². The quantitative estimate of drug-likeness (QED) is 0.890. The molecule has 2 aromatic carbocycles. The molecule has 1 aliphatic carbocycles. The molecule has 3 rings (SSSR count). The topological polar surface area (TPSA) is 55.1 Å². The maximum absolute atomic E-state index is 11.0. The van der Waals surface area contributed by atoms with E-state index in [0.29, 0.717) is 11.6 Å². The van der Waals surface area contributed by atoms with Gasteiger partial charge in [-0.3, -0.25) is 4.79 Å². The van der Waals surface area contributed by atoms with Gasteiger partial charge in [0.25, 0.3) is 0 Å². The van der Waals surface area contributed by atoms with E-state index in [0.717, 1.165) is 24.9 Å². The Bertz CT molecular complexity index is 664. The lowest BCUT2D eigenvalue weighted by molar-refractivity contribution is 0.100. The molecule has 0 heterocycles. The molecule has 3 N–H and O–H groups in total. The molecule has 0 atom stereocenters. The number of nitrogens with two attached hydrogens (primary N) is 1. The summed E-state index contributed by atoms with van der Waals surface area (Å²) >= 11 is 0. The van der Waals surface area contributed by atoms with Gasteiger partial charge in [-0.05, 0) is 41.7 Å². The number of carbonyl (C=O) groups is 1. The second-order valence-corrected chi connectivity index (χ2v) is 5.67. The first-order chi connectivity index (χ1) is 10.7. The first-order valence-electron chi connectivity index (χ1n) is 7.59. The molecule has 0 spiro atoms. The summed E-state index contributed by atoms with van der Waals surface area (Å²) in [5.74, 6) is -0.391. The summed E-state index contributed by atoms with van der Waals surface area (Å²) in [4.78, 5) is 11.0. The average molecular weight is 292 g/mol. The molecule has 0 unspecified atom stereocenters. The maximum atomic E-state index is 11.0. The van der Waals surface area contributed by atoms with E-state index in [1.54, 1.807) is 12.1 Å². The first-order valence-corrected chi connectivity index (χ1v) is 7.59. The smallest absolute Gasteiger partial charge is 0.248 e. The molecule has 0 fully saturated rings. The minimum Gasteiger partial charge on any atom is -0.366 e. The van der Waals surface area contributed by atoms with Gasteiger partial charge in [0.1, 0.15) is 0 Å². The van der Waals surface area contributed by atoms with Gasteiger partial charge in [0, 0.05) is 18.2 Å². The molecule has 0 aliphatic heterocycles. The maximum Gasteiger partial charge on any atom is 0.248 e. The van der Waals surface area contributed by atoms with Gasteiger partial charge in [-0.25, -0.2) is 0 Å². The molecular formula is C19H20N2O. The summed E-state index contributed by atoms with van der Waals surface area (Å²) in [7, 11) is 0. The van der Waals surface area contributed by atoms with Crippen molar-refractivity contribution in [2.45, 2.75) is 18.9 Å². The summed E-state index contributed by atoms with van der Waals surface area (Å²) < 4.78 is 0. The van der Waals surface area contributed by atoms with Crippen molar-refractivity contribution in [1.82, 2.24) is 5.32 Å². The summed E-state index contributed by atoms with van der Waals surface area (Å²) in [5.41, 5.74) is 9.76. The summed E-state index contributed by atoms with van der Waals surface area (Å²) in [5, 5.41) is 3.57. The number of amides is 1. The lowest BCUT2D eigenvalue weighted by Crippen LogP contribution is -2.29. The number of fused-ring (bicyclic) bond motifs is 1. The highest BCUT2D eigenvalue weighted by atomic mass is 16.1. The number of hydrogen-bond acceptors (Lipinski definition) is 2. The van der Waals surface area contributed by atoms with Crippen molar-refractivity contribution in [3.8, 4) is 0 Å². The SMILES string of the molecule is NC(=O)c1ccc(/C=C/CNC2Cc3ccccc3C2)cc1. The Morgan fingerprint density at radius 3 is 2.32 bits per heavy atom. The average Bonchev–Trinajstić information content (AvgIpc) is 2.95. The van der Waals surface area contributed by atoms with Crippen molar-refractivity contribution >= 4 is 12.0 Å². The van der Waals surface area contributed by atoms with E-state index >= 15 is 0 Å². The van der Waals surface area contributed by atoms with Gasteiger partial charge in [-0.1, -0.05) is 48.6 Å². The van der Waals surface area contributed by atoms with E-state index in [9.17, 15) is 4.79 Å². The molecule has 3 heteroatoms. The van der Waals surface area contributed by atoms with Crippen LogP contribution in [0.3, 0.4) is 0 Å². The van der Waals surface area contributed by atoms with Crippen LogP contribution in [0.5, 0.6) is 0 Å². The van der Waals surface area contributed by atoms with Crippen LogP contribution in [0, 0.1) is 0 Å². The van der Waals surface area contributed by atoms with Crippen molar-refractivity contribution in [1.29, 1.82) is 0 Å². The molecule has 3 nitrogen and oxygen atoms in total. The summed E-state index contributed by atoms with van der Waals surface area (Å²) in [6.07, 6.45) is 6.39. The van der Waals surface area contributed by atoms with Crippen LogP contribution < -0.4 is 11.1 Å². The van der Waals surface area contributed by atoms with Crippen molar-refractivity contribution in [3.63, 3.8) is 0 Å². The van der Waals surface area contributed by atoms with E-state index < -0.39 is 5.91 Å². The minimum atomic E-state index is -0.391. The zero-order valence-electron chi connectivity index (χ0n) is 12.5. The zero-order chi connectivity index (χ0) is 15.4. The molecule has 112 valence electrons. The molecule has 0 aromatic heterocycles. The number of benzene rings is 2. The fourth-order valence-electron chi connectivity index (χ4n) is 2.89. The van der Waals surface area contributed by atoms with Gasteiger partial charge in [0.15, 0.2) is 0 Å². The third kappa shape index (κ3) is 3.43.